The van der Waals surface area contributed by atoms with Gasteiger partial charge in [0.2, 0.25) is 5.91 Å². The van der Waals surface area contributed by atoms with Gasteiger partial charge in [0, 0.05) is 35.6 Å². The molecule has 5 rings (SSSR count). The van der Waals surface area contributed by atoms with E-state index in [4.69, 9.17) is 0 Å². The Kier molecular flexibility index (Phi) is 8.72. The zero-order valence-corrected chi connectivity index (χ0v) is 24.3. The highest BCUT2D eigenvalue weighted by Gasteiger charge is 2.28. The van der Waals surface area contributed by atoms with Gasteiger partial charge in [-0.2, -0.15) is 0 Å². The zero-order chi connectivity index (χ0) is 28.1. The van der Waals surface area contributed by atoms with Gasteiger partial charge in [0.25, 0.3) is 5.91 Å². The van der Waals surface area contributed by atoms with Crippen LogP contribution in [0.4, 0.5) is 0 Å². The first kappa shape index (κ1) is 27.7. The van der Waals surface area contributed by atoms with Crippen molar-refractivity contribution in [2.24, 2.45) is 5.92 Å². The maximum absolute atomic E-state index is 13.5. The minimum Gasteiger partial charge on any atom is -0.350 e. The number of carbonyl (C=O) groups is 2. The average molecular weight is 602 g/mol. The van der Waals surface area contributed by atoms with Crippen molar-refractivity contribution in [2.75, 3.05) is 27.2 Å². The third kappa shape index (κ3) is 6.66. The lowest BCUT2D eigenvalue weighted by molar-refractivity contribution is -0.126. The second-order valence-corrected chi connectivity index (χ2v) is 11.3. The van der Waals surface area contributed by atoms with Gasteiger partial charge in [0.15, 0.2) is 0 Å². The van der Waals surface area contributed by atoms with Gasteiger partial charge in [-0.1, -0.05) is 63.6 Å². The fourth-order valence-electron chi connectivity index (χ4n) is 5.01. The van der Waals surface area contributed by atoms with E-state index in [9.17, 15) is 9.59 Å². The van der Waals surface area contributed by atoms with Gasteiger partial charge >= 0.3 is 0 Å². The number of amides is 2. The summed E-state index contributed by atoms with van der Waals surface area (Å²) in [5.74, 6) is -0.134. The molecule has 0 saturated carbocycles. The van der Waals surface area contributed by atoms with Crippen LogP contribution in [0.5, 0.6) is 0 Å². The Morgan fingerprint density at radius 2 is 1.68 bits per heavy atom. The molecule has 1 fully saturated rings. The Morgan fingerprint density at radius 1 is 0.975 bits per heavy atom. The number of halogens is 1. The van der Waals surface area contributed by atoms with E-state index in [1.54, 1.807) is 4.68 Å². The highest BCUT2D eigenvalue weighted by molar-refractivity contribution is 9.10. The summed E-state index contributed by atoms with van der Waals surface area (Å²) in [5.41, 5.74) is 5.47. The van der Waals surface area contributed by atoms with Gasteiger partial charge in [0.1, 0.15) is 5.69 Å². The molecule has 1 saturated heterocycles. The first-order chi connectivity index (χ1) is 19.4. The predicted molar refractivity (Wildman–Crippen MR) is 159 cm³/mol. The third-order valence-electron chi connectivity index (χ3n) is 7.15. The normalized spacial score (nSPS) is 13.9. The van der Waals surface area contributed by atoms with Gasteiger partial charge < -0.3 is 15.1 Å². The van der Waals surface area contributed by atoms with Crippen LogP contribution in [-0.4, -0.2) is 63.8 Å². The van der Waals surface area contributed by atoms with Crippen molar-refractivity contribution < 1.29 is 9.59 Å². The van der Waals surface area contributed by atoms with E-state index in [1.807, 2.05) is 73.7 Å². The molecular weight excluding hydrogens is 568 g/mol. The summed E-state index contributed by atoms with van der Waals surface area (Å²) in [5, 5.41) is 11.3. The zero-order valence-electron chi connectivity index (χ0n) is 22.8. The first-order valence-electron chi connectivity index (χ1n) is 13.4. The van der Waals surface area contributed by atoms with Crippen LogP contribution in [0.3, 0.4) is 0 Å². The molecule has 8 nitrogen and oxygen atoms in total. The summed E-state index contributed by atoms with van der Waals surface area (Å²) in [7, 11) is 4.10. The van der Waals surface area contributed by atoms with Crippen LogP contribution in [0.25, 0.3) is 16.8 Å². The van der Waals surface area contributed by atoms with E-state index < -0.39 is 0 Å². The van der Waals surface area contributed by atoms with Crippen LogP contribution in [-0.2, 0) is 17.9 Å². The van der Waals surface area contributed by atoms with Crippen LogP contribution in [0.1, 0.15) is 34.5 Å². The molecule has 0 aliphatic carbocycles. The summed E-state index contributed by atoms with van der Waals surface area (Å²) >= 11 is 3.43. The Balaban J connectivity index is 1.15. The highest BCUT2D eigenvalue weighted by Crippen LogP contribution is 2.27. The number of rotatable bonds is 8. The van der Waals surface area contributed by atoms with E-state index in [2.05, 4.69) is 60.7 Å². The Morgan fingerprint density at radius 3 is 2.38 bits per heavy atom. The molecule has 40 heavy (non-hydrogen) atoms. The van der Waals surface area contributed by atoms with Crippen LogP contribution in [0.15, 0.2) is 83.5 Å². The van der Waals surface area contributed by atoms with Gasteiger partial charge in [-0.05, 0) is 74.0 Å². The molecule has 9 heteroatoms. The van der Waals surface area contributed by atoms with Crippen molar-refractivity contribution in [1.29, 1.82) is 0 Å². The summed E-state index contributed by atoms with van der Waals surface area (Å²) in [6, 6.07) is 23.9. The average Bonchev–Trinajstić information content (AvgIpc) is 3.45. The minimum absolute atomic E-state index is 0.0105. The van der Waals surface area contributed by atoms with Crippen molar-refractivity contribution in [3.63, 3.8) is 0 Å². The molecule has 1 aliphatic heterocycles. The number of nitrogens with one attached hydrogen (secondary N) is 1. The molecule has 0 unspecified atom stereocenters. The van der Waals surface area contributed by atoms with Crippen LogP contribution in [0.2, 0.25) is 0 Å². The number of aromatic nitrogens is 3. The monoisotopic (exact) mass is 600 g/mol. The van der Waals surface area contributed by atoms with Gasteiger partial charge in [-0.3, -0.25) is 9.59 Å². The highest BCUT2D eigenvalue weighted by atomic mass is 79.9. The van der Waals surface area contributed by atoms with E-state index in [0.29, 0.717) is 43.7 Å². The summed E-state index contributed by atoms with van der Waals surface area (Å²) in [6.07, 6.45) is 3.08. The second kappa shape index (κ2) is 12.6. The molecule has 0 bridgehead atoms. The fourth-order valence-corrected chi connectivity index (χ4v) is 5.28. The maximum Gasteiger partial charge on any atom is 0.254 e. The van der Waals surface area contributed by atoms with E-state index >= 15 is 0 Å². The number of nitrogens with zero attached hydrogens (tertiary/aromatic N) is 5. The molecule has 1 aliphatic rings. The van der Waals surface area contributed by atoms with Crippen molar-refractivity contribution in [3.05, 3.63) is 100 Å². The summed E-state index contributed by atoms with van der Waals surface area (Å²) in [6.45, 7) is 2.28. The minimum atomic E-state index is -0.134. The number of hydrogen-bond acceptors (Lipinski definition) is 5. The molecule has 206 valence electrons. The van der Waals surface area contributed by atoms with E-state index in [1.165, 1.54) is 5.56 Å². The van der Waals surface area contributed by atoms with Gasteiger partial charge in [0.05, 0.1) is 18.4 Å². The van der Waals surface area contributed by atoms with Crippen molar-refractivity contribution >= 4 is 27.7 Å². The van der Waals surface area contributed by atoms with Crippen LogP contribution >= 0.6 is 15.9 Å². The Hall–Kier alpha value is -3.82. The van der Waals surface area contributed by atoms with Crippen LogP contribution in [0, 0.1) is 5.92 Å². The first-order valence-corrected chi connectivity index (χ1v) is 14.2. The lowest BCUT2D eigenvalue weighted by atomic mass is 9.93. The number of piperidine rings is 1. The lowest BCUT2D eigenvalue weighted by Gasteiger charge is -2.32. The molecular formula is C31H33BrN6O2. The molecule has 0 spiro atoms. The molecule has 1 N–H and O–H groups in total. The van der Waals surface area contributed by atoms with E-state index in [-0.39, 0.29) is 17.7 Å². The van der Waals surface area contributed by atoms with E-state index in [0.717, 1.165) is 27.8 Å². The molecule has 2 heterocycles. The van der Waals surface area contributed by atoms with Crippen molar-refractivity contribution in [2.45, 2.75) is 25.9 Å². The Bertz CT molecular complexity index is 1460. The smallest absolute Gasteiger partial charge is 0.254 e. The third-order valence-corrected chi connectivity index (χ3v) is 7.68. The summed E-state index contributed by atoms with van der Waals surface area (Å²) < 4.78 is 2.68. The number of carbonyl (C=O) groups excluding carboxylic acids is 2. The van der Waals surface area contributed by atoms with Crippen LogP contribution < -0.4 is 5.32 Å². The number of likely N-dealkylation sites (tertiary alicyclic amines) is 1. The van der Waals surface area contributed by atoms with Crippen molar-refractivity contribution in [3.8, 4) is 16.8 Å². The quantitative estimate of drug-likeness (QED) is 0.310. The molecule has 0 atom stereocenters. The lowest BCUT2D eigenvalue weighted by Crippen LogP contribution is -2.43. The Labute approximate surface area is 243 Å². The fraction of sp³-hybridized carbons (Fsp3) is 0.290. The number of benzene rings is 3. The van der Waals surface area contributed by atoms with Gasteiger partial charge in [-0.25, -0.2) is 4.68 Å². The molecule has 2 amide bonds. The largest absolute Gasteiger partial charge is 0.350 e. The van der Waals surface area contributed by atoms with Gasteiger partial charge in [-0.15, -0.1) is 5.10 Å². The molecule has 3 aromatic carbocycles. The van der Waals surface area contributed by atoms with Crippen molar-refractivity contribution in [1.82, 2.24) is 30.1 Å². The second-order valence-electron chi connectivity index (χ2n) is 10.4. The molecule has 0 radical (unpaired) electrons. The SMILES string of the molecule is CN(C)Cc1ccc(-c2ccccc2C(=O)N2CCC(C(=O)NCc3cn(-c4ccc(Br)cc4)nn3)CC2)cc1. The maximum atomic E-state index is 13.5. The molecule has 1 aromatic heterocycles. The topological polar surface area (TPSA) is 83.4 Å². The standard InChI is InChI=1S/C31H33BrN6O2/c1-36(2)20-22-7-9-23(10-8-22)28-5-3-4-6-29(28)31(40)37-17-15-24(16-18-37)30(39)33-19-26-21-38(35-34-26)27-13-11-25(32)12-14-27/h3-14,21,24H,15-20H2,1-2H3,(H,33,39). The summed E-state index contributed by atoms with van der Waals surface area (Å²) in [4.78, 5) is 30.4. The number of hydrogen-bond donors (Lipinski definition) is 1. The predicted octanol–water partition coefficient (Wildman–Crippen LogP) is 4.93. The molecule has 4 aromatic rings.